The highest BCUT2D eigenvalue weighted by atomic mass is 35.5. The summed E-state index contributed by atoms with van der Waals surface area (Å²) in [5, 5.41) is 0.896. The Hall–Kier alpha value is -2.62. The summed E-state index contributed by atoms with van der Waals surface area (Å²) in [4.78, 5) is 16.0. The molecule has 0 aromatic heterocycles. The van der Waals surface area contributed by atoms with Crippen molar-refractivity contribution in [2.24, 2.45) is 4.99 Å². The van der Waals surface area contributed by atoms with Gasteiger partial charge in [0, 0.05) is 6.08 Å². The summed E-state index contributed by atoms with van der Waals surface area (Å²) in [5.74, 6) is -0.282. The van der Waals surface area contributed by atoms with Crippen molar-refractivity contribution in [1.29, 1.82) is 0 Å². The second-order valence-corrected chi connectivity index (χ2v) is 5.92. The molecule has 3 rings (SSSR count). The molecule has 124 valence electrons. The molecule has 1 heterocycles. The molecule has 0 bridgehead atoms. The minimum atomic E-state index is -0.491. The minimum absolute atomic E-state index is 0.209. The van der Waals surface area contributed by atoms with E-state index in [1.54, 1.807) is 42.5 Å². The number of aliphatic imine (C=N–C) groups is 1. The van der Waals surface area contributed by atoms with Crippen molar-refractivity contribution in [3.63, 3.8) is 0 Å². The second-order valence-electron chi connectivity index (χ2n) is 5.14. The number of benzene rings is 2. The number of rotatable bonds is 4. The number of ether oxygens (including phenoxy) is 1. The van der Waals surface area contributed by atoms with Gasteiger partial charge in [-0.15, -0.1) is 0 Å². The predicted octanol–water partition coefficient (Wildman–Crippen LogP) is 5.56. The van der Waals surface area contributed by atoms with Crippen molar-refractivity contribution in [2.75, 3.05) is 0 Å². The first-order valence-electron chi connectivity index (χ1n) is 7.50. The molecule has 3 nitrogen and oxygen atoms in total. The van der Waals surface area contributed by atoms with Crippen molar-refractivity contribution in [2.45, 2.75) is 0 Å². The Morgan fingerprint density at radius 3 is 2.52 bits per heavy atom. The highest BCUT2D eigenvalue weighted by Gasteiger charge is 2.20. The zero-order chi connectivity index (χ0) is 17.6. The summed E-state index contributed by atoms with van der Waals surface area (Å²) in [5.41, 5.74) is 1.99. The Morgan fingerprint density at radius 1 is 0.920 bits per heavy atom. The largest absolute Gasteiger partial charge is 0.403 e. The highest BCUT2D eigenvalue weighted by molar-refractivity contribution is 6.42. The van der Waals surface area contributed by atoms with Crippen LogP contribution in [0.25, 0.3) is 12.2 Å². The Labute approximate surface area is 155 Å². The molecule has 0 saturated heterocycles. The molecule has 25 heavy (non-hydrogen) atoms. The fraction of sp³-hybridized carbons (Fsp3) is 0. The van der Waals surface area contributed by atoms with E-state index in [-0.39, 0.29) is 11.6 Å². The molecule has 0 saturated carbocycles. The molecular weight excluding hydrogens is 357 g/mol. The van der Waals surface area contributed by atoms with Gasteiger partial charge >= 0.3 is 5.97 Å². The van der Waals surface area contributed by atoms with Crippen molar-refractivity contribution < 1.29 is 9.53 Å². The van der Waals surface area contributed by atoms with E-state index in [0.29, 0.717) is 15.6 Å². The van der Waals surface area contributed by atoms with Crippen LogP contribution >= 0.6 is 23.2 Å². The van der Waals surface area contributed by atoms with E-state index < -0.39 is 5.97 Å². The fourth-order valence-corrected chi connectivity index (χ4v) is 2.51. The van der Waals surface area contributed by atoms with Gasteiger partial charge in [0.25, 0.3) is 0 Å². The van der Waals surface area contributed by atoms with E-state index in [9.17, 15) is 4.79 Å². The third kappa shape index (κ3) is 4.47. The first-order chi connectivity index (χ1) is 12.1. The van der Waals surface area contributed by atoms with Gasteiger partial charge in [-0.2, -0.15) is 0 Å². The van der Waals surface area contributed by atoms with Gasteiger partial charge in [-0.1, -0.05) is 77.8 Å². The van der Waals surface area contributed by atoms with E-state index >= 15 is 0 Å². The van der Waals surface area contributed by atoms with Gasteiger partial charge in [0.2, 0.25) is 5.90 Å². The summed E-state index contributed by atoms with van der Waals surface area (Å²) in [7, 11) is 0. The van der Waals surface area contributed by atoms with Crippen LogP contribution in [-0.4, -0.2) is 11.9 Å². The second kappa shape index (κ2) is 7.97. The number of nitrogens with zero attached hydrogens (tertiary/aromatic N) is 1. The summed E-state index contributed by atoms with van der Waals surface area (Å²) in [6.45, 7) is 0. The number of halogens is 2. The lowest BCUT2D eigenvalue weighted by Gasteiger charge is -1.99. The number of hydrogen-bond acceptors (Lipinski definition) is 3. The minimum Gasteiger partial charge on any atom is -0.403 e. The summed E-state index contributed by atoms with van der Waals surface area (Å²) < 4.78 is 5.11. The van der Waals surface area contributed by atoms with E-state index in [0.717, 1.165) is 5.56 Å². The summed E-state index contributed by atoms with van der Waals surface area (Å²) in [6.07, 6.45) is 8.54. The molecule has 2 aromatic carbocycles. The molecule has 1 aliphatic heterocycles. The number of hydrogen-bond donors (Lipinski definition) is 0. The third-order valence-corrected chi connectivity index (χ3v) is 4.20. The average Bonchev–Trinajstić information content (AvgIpc) is 2.97. The SMILES string of the molecule is O=C1OC(C=Cc2cccc(Cl)c2Cl)=NC1=CC=Cc1ccccc1. The van der Waals surface area contributed by atoms with Gasteiger partial charge in [0.05, 0.1) is 10.0 Å². The van der Waals surface area contributed by atoms with Gasteiger partial charge in [0.15, 0.2) is 5.70 Å². The molecule has 0 fully saturated rings. The lowest BCUT2D eigenvalue weighted by molar-refractivity contribution is -0.129. The number of esters is 1. The summed E-state index contributed by atoms with van der Waals surface area (Å²) in [6, 6.07) is 15.1. The number of carbonyl (C=O) groups is 1. The summed E-state index contributed by atoms with van der Waals surface area (Å²) >= 11 is 12.1. The van der Waals surface area contributed by atoms with Gasteiger partial charge in [-0.3, -0.25) is 0 Å². The molecular formula is C20H13Cl2NO2. The highest BCUT2D eigenvalue weighted by Crippen LogP contribution is 2.26. The topological polar surface area (TPSA) is 38.7 Å². The van der Waals surface area contributed by atoms with Crippen molar-refractivity contribution in [3.05, 3.63) is 93.6 Å². The van der Waals surface area contributed by atoms with Gasteiger partial charge in [0.1, 0.15) is 0 Å². The van der Waals surface area contributed by atoms with Crippen LogP contribution in [0.3, 0.4) is 0 Å². The molecule has 5 heteroatoms. The molecule has 0 amide bonds. The van der Waals surface area contributed by atoms with Crippen LogP contribution in [0, 0.1) is 0 Å². The Kier molecular flexibility index (Phi) is 5.49. The fourth-order valence-electron chi connectivity index (χ4n) is 2.14. The van der Waals surface area contributed by atoms with E-state index in [1.165, 1.54) is 0 Å². The molecule has 0 N–H and O–H groups in total. The Morgan fingerprint density at radius 2 is 1.72 bits per heavy atom. The molecule has 1 aliphatic rings. The van der Waals surface area contributed by atoms with Crippen LogP contribution in [-0.2, 0) is 9.53 Å². The smallest absolute Gasteiger partial charge is 0.363 e. The van der Waals surface area contributed by atoms with Gasteiger partial charge < -0.3 is 4.74 Å². The zero-order valence-electron chi connectivity index (χ0n) is 13.0. The van der Waals surface area contributed by atoms with Crippen molar-refractivity contribution in [1.82, 2.24) is 0 Å². The van der Waals surface area contributed by atoms with E-state index in [1.807, 2.05) is 36.4 Å². The predicted molar refractivity (Wildman–Crippen MR) is 103 cm³/mol. The molecule has 0 unspecified atom stereocenters. The molecule has 2 aromatic rings. The van der Waals surface area contributed by atoms with Crippen LogP contribution in [0.5, 0.6) is 0 Å². The van der Waals surface area contributed by atoms with Crippen LogP contribution in [0.15, 0.2) is 77.4 Å². The van der Waals surface area contributed by atoms with Crippen LogP contribution in [0.4, 0.5) is 0 Å². The third-order valence-electron chi connectivity index (χ3n) is 3.37. The van der Waals surface area contributed by atoms with Crippen molar-refractivity contribution >= 4 is 47.2 Å². The van der Waals surface area contributed by atoms with E-state index in [2.05, 4.69) is 4.99 Å². The van der Waals surface area contributed by atoms with E-state index in [4.69, 9.17) is 27.9 Å². The zero-order valence-corrected chi connectivity index (χ0v) is 14.5. The monoisotopic (exact) mass is 369 g/mol. The Balaban J connectivity index is 1.74. The van der Waals surface area contributed by atoms with Gasteiger partial charge in [-0.05, 0) is 29.3 Å². The first-order valence-corrected chi connectivity index (χ1v) is 8.25. The maximum absolute atomic E-state index is 11.8. The average molecular weight is 370 g/mol. The van der Waals surface area contributed by atoms with Gasteiger partial charge in [-0.25, -0.2) is 9.79 Å². The maximum atomic E-state index is 11.8. The molecule has 0 atom stereocenters. The molecule has 0 spiro atoms. The normalized spacial score (nSPS) is 16.0. The first kappa shape index (κ1) is 17.2. The van der Waals surface area contributed by atoms with Crippen LogP contribution < -0.4 is 0 Å². The lowest BCUT2D eigenvalue weighted by atomic mass is 10.2. The number of cyclic esters (lactones) is 1. The number of carbonyl (C=O) groups excluding carboxylic acids is 1. The quantitative estimate of drug-likeness (QED) is 0.522. The Bertz CT molecular complexity index is 913. The maximum Gasteiger partial charge on any atom is 0.363 e. The standard InChI is InChI=1S/C20H13Cl2NO2/c21-16-10-5-9-15(19(16)22)12-13-18-23-17(20(24)25-18)11-4-8-14-6-2-1-3-7-14/h1-13H. The lowest BCUT2D eigenvalue weighted by Crippen LogP contribution is -2.00. The molecule has 0 radical (unpaired) electrons. The number of allylic oxidation sites excluding steroid dienone is 2. The van der Waals surface area contributed by atoms with Crippen LogP contribution in [0.2, 0.25) is 10.0 Å². The van der Waals surface area contributed by atoms with Crippen LogP contribution in [0.1, 0.15) is 11.1 Å². The van der Waals surface area contributed by atoms with Crippen molar-refractivity contribution in [3.8, 4) is 0 Å². The molecule has 0 aliphatic carbocycles.